The number of nitrogens with zero attached hydrogens (tertiary/aromatic N) is 3. The Kier molecular flexibility index (Phi) is 6.86. The summed E-state index contributed by atoms with van der Waals surface area (Å²) in [5, 5.41) is 4.22. The standard InChI is InChI=1S/C28H31ClN4O/c1-21-25(28(34)33-15-6-5-9-26(33)30-21)14-16-31-17-19-32(20-18-31)27(22-7-3-2-4-8-22)23-10-12-24(29)13-11-23/h2-13,15,26-27,30H,14,16-20H2,1H3. The van der Waals surface area contributed by atoms with Crippen LogP contribution in [0.15, 0.2) is 90.3 Å². The molecule has 3 aliphatic heterocycles. The van der Waals surface area contributed by atoms with E-state index in [0.29, 0.717) is 0 Å². The Morgan fingerprint density at radius 1 is 0.971 bits per heavy atom. The number of carbonyl (C=O) groups is 1. The molecule has 2 unspecified atom stereocenters. The van der Waals surface area contributed by atoms with Gasteiger partial charge in [-0.25, -0.2) is 0 Å². The Labute approximate surface area is 207 Å². The van der Waals surface area contributed by atoms with E-state index in [1.807, 2.05) is 43.5 Å². The number of piperazine rings is 1. The maximum Gasteiger partial charge on any atom is 0.257 e. The van der Waals surface area contributed by atoms with E-state index in [9.17, 15) is 4.79 Å². The van der Waals surface area contributed by atoms with Crippen molar-refractivity contribution in [1.29, 1.82) is 0 Å². The van der Waals surface area contributed by atoms with Gasteiger partial charge in [-0.2, -0.15) is 0 Å². The number of amides is 1. The summed E-state index contributed by atoms with van der Waals surface area (Å²) in [5.41, 5.74) is 4.46. The van der Waals surface area contributed by atoms with Crippen LogP contribution in [0.5, 0.6) is 0 Å². The molecule has 5 nitrogen and oxygen atoms in total. The quantitative estimate of drug-likeness (QED) is 0.666. The lowest BCUT2D eigenvalue weighted by atomic mass is 9.96. The molecule has 0 aromatic heterocycles. The fraction of sp³-hybridized carbons (Fsp3) is 0.321. The van der Waals surface area contributed by atoms with Gasteiger partial charge < -0.3 is 10.2 Å². The van der Waals surface area contributed by atoms with Crippen molar-refractivity contribution in [3.63, 3.8) is 0 Å². The van der Waals surface area contributed by atoms with Crippen LogP contribution in [0, 0.1) is 0 Å². The number of allylic oxidation sites excluding steroid dienone is 3. The summed E-state index contributed by atoms with van der Waals surface area (Å²) >= 11 is 6.16. The molecule has 0 saturated carbocycles. The van der Waals surface area contributed by atoms with Crippen LogP contribution < -0.4 is 5.32 Å². The Bertz CT molecular complexity index is 1100. The summed E-state index contributed by atoms with van der Waals surface area (Å²) < 4.78 is 0. The monoisotopic (exact) mass is 474 g/mol. The zero-order valence-corrected chi connectivity index (χ0v) is 20.3. The highest BCUT2D eigenvalue weighted by Crippen LogP contribution is 2.30. The van der Waals surface area contributed by atoms with Gasteiger partial charge in [-0.3, -0.25) is 14.6 Å². The van der Waals surface area contributed by atoms with E-state index in [4.69, 9.17) is 11.6 Å². The van der Waals surface area contributed by atoms with Crippen LogP contribution in [0.2, 0.25) is 5.02 Å². The summed E-state index contributed by atoms with van der Waals surface area (Å²) in [6.45, 7) is 6.84. The first kappa shape index (κ1) is 22.9. The average molecular weight is 475 g/mol. The molecular weight excluding hydrogens is 444 g/mol. The lowest BCUT2D eigenvalue weighted by Gasteiger charge is -2.40. The molecule has 3 aliphatic rings. The number of fused-ring (bicyclic) bond motifs is 1. The number of hydrogen-bond donors (Lipinski definition) is 1. The molecule has 5 rings (SSSR count). The predicted octanol–water partition coefficient (Wildman–Crippen LogP) is 4.55. The Balaban J connectivity index is 1.23. The Hall–Kier alpha value is -2.86. The highest BCUT2D eigenvalue weighted by molar-refractivity contribution is 6.30. The zero-order chi connectivity index (χ0) is 23.5. The normalized spacial score (nSPS) is 22.0. The van der Waals surface area contributed by atoms with Gasteiger partial charge in [0.1, 0.15) is 6.17 Å². The minimum atomic E-state index is -0.0624. The molecule has 1 saturated heterocycles. The van der Waals surface area contributed by atoms with Gasteiger partial charge in [0.15, 0.2) is 0 Å². The third kappa shape index (κ3) is 4.83. The maximum atomic E-state index is 13.0. The lowest BCUT2D eigenvalue weighted by molar-refractivity contribution is -0.127. The number of halogens is 1. The van der Waals surface area contributed by atoms with Crippen LogP contribution >= 0.6 is 11.6 Å². The van der Waals surface area contributed by atoms with E-state index >= 15 is 0 Å². The first-order chi connectivity index (χ1) is 16.6. The van der Waals surface area contributed by atoms with Crippen LogP contribution in [0.1, 0.15) is 30.5 Å². The molecule has 2 aromatic carbocycles. The maximum absolute atomic E-state index is 13.0. The average Bonchev–Trinajstić information content (AvgIpc) is 2.87. The van der Waals surface area contributed by atoms with Crippen molar-refractivity contribution < 1.29 is 4.79 Å². The van der Waals surface area contributed by atoms with Gasteiger partial charge in [0.2, 0.25) is 0 Å². The summed E-state index contributed by atoms with van der Waals surface area (Å²) in [7, 11) is 0. The molecule has 2 aromatic rings. The van der Waals surface area contributed by atoms with Crippen molar-refractivity contribution in [1.82, 2.24) is 20.0 Å². The Morgan fingerprint density at radius 3 is 2.41 bits per heavy atom. The summed E-state index contributed by atoms with van der Waals surface area (Å²) in [6, 6.07) is 19.2. The molecule has 0 spiro atoms. The third-order valence-corrected chi connectivity index (χ3v) is 7.26. The van der Waals surface area contributed by atoms with Gasteiger partial charge in [0.25, 0.3) is 5.91 Å². The highest BCUT2D eigenvalue weighted by Gasteiger charge is 2.31. The van der Waals surface area contributed by atoms with Crippen LogP contribution in [0.3, 0.4) is 0 Å². The van der Waals surface area contributed by atoms with Gasteiger partial charge in [0, 0.05) is 55.2 Å². The van der Waals surface area contributed by atoms with E-state index in [2.05, 4.69) is 57.6 Å². The molecule has 0 bridgehead atoms. The van der Waals surface area contributed by atoms with E-state index in [1.54, 1.807) is 4.90 Å². The highest BCUT2D eigenvalue weighted by atomic mass is 35.5. The van der Waals surface area contributed by atoms with Gasteiger partial charge in [0.05, 0.1) is 6.04 Å². The molecule has 6 heteroatoms. The summed E-state index contributed by atoms with van der Waals surface area (Å²) in [4.78, 5) is 19.9. The molecule has 1 N–H and O–H groups in total. The largest absolute Gasteiger partial charge is 0.365 e. The van der Waals surface area contributed by atoms with Crippen LogP contribution in [0.4, 0.5) is 0 Å². The fourth-order valence-electron chi connectivity index (χ4n) is 5.14. The smallest absolute Gasteiger partial charge is 0.257 e. The van der Waals surface area contributed by atoms with Gasteiger partial charge >= 0.3 is 0 Å². The van der Waals surface area contributed by atoms with Crippen LogP contribution in [-0.2, 0) is 4.79 Å². The van der Waals surface area contributed by atoms with Crippen molar-refractivity contribution in [2.75, 3.05) is 32.7 Å². The predicted molar refractivity (Wildman–Crippen MR) is 137 cm³/mol. The van der Waals surface area contributed by atoms with Gasteiger partial charge in [-0.1, -0.05) is 60.1 Å². The molecule has 0 aliphatic carbocycles. The second-order valence-electron chi connectivity index (χ2n) is 9.12. The zero-order valence-electron chi connectivity index (χ0n) is 19.5. The molecule has 0 radical (unpaired) electrons. The Morgan fingerprint density at radius 2 is 1.68 bits per heavy atom. The van der Waals surface area contributed by atoms with Crippen LogP contribution in [0.25, 0.3) is 0 Å². The molecule has 176 valence electrons. The van der Waals surface area contributed by atoms with E-state index in [-0.39, 0.29) is 18.1 Å². The van der Waals surface area contributed by atoms with Crippen molar-refractivity contribution in [3.8, 4) is 0 Å². The molecule has 3 heterocycles. The number of hydrogen-bond acceptors (Lipinski definition) is 4. The molecule has 1 amide bonds. The van der Waals surface area contributed by atoms with Crippen molar-refractivity contribution in [3.05, 3.63) is 106 Å². The first-order valence-corrected chi connectivity index (χ1v) is 12.4. The molecule has 2 atom stereocenters. The number of carbonyl (C=O) groups excluding carboxylic acids is 1. The van der Waals surface area contributed by atoms with Crippen molar-refractivity contribution in [2.24, 2.45) is 0 Å². The van der Waals surface area contributed by atoms with Crippen molar-refractivity contribution >= 4 is 17.5 Å². The first-order valence-electron chi connectivity index (χ1n) is 12.0. The third-order valence-electron chi connectivity index (χ3n) is 7.01. The number of nitrogens with one attached hydrogen (secondary N) is 1. The SMILES string of the molecule is CC1=C(CCN2CCN(C(c3ccccc3)c3ccc(Cl)cc3)CC2)C(=O)N2C=CC=CC2N1. The summed E-state index contributed by atoms with van der Waals surface area (Å²) in [5.74, 6) is 0.118. The lowest BCUT2D eigenvalue weighted by Crippen LogP contribution is -2.51. The number of rotatable bonds is 6. The topological polar surface area (TPSA) is 38.8 Å². The van der Waals surface area contributed by atoms with E-state index in [0.717, 1.165) is 55.4 Å². The second-order valence-corrected chi connectivity index (χ2v) is 9.56. The molecule has 1 fully saturated rings. The van der Waals surface area contributed by atoms with Crippen LogP contribution in [-0.4, -0.2) is 59.5 Å². The summed E-state index contributed by atoms with van der Waals surface area (Å²) in [6.07, 6.45) is 8.47. The van der Waals surface area contributed by atoms with E-state index in [1.165, 1.54) is 11.1 Å². The second kappa shape index (κ2) is 10.2. The fourth-order valence-corrected chi connectivity index (χ4v) is 5.26. The van der Waals surface area contributed by atoms with E-state index < -0.39 is 0 Å². The number of benzene rings is 2. The van der Waals surface area contributed by atoms with Gasteiger partial charge in [-0.15, -0.1) is 0 Å². The minimum absolute atomic E-state index is 0.0624. The minimum Gasteiger partial charge on any atom is -0.365 e. The van der Waals surface area contributed by atoms with Gasteiger partial charge in [-0.05, 0) is 48.8 Å². The van der Waals surface area contributed by atoms with Crippen molar-refractivity contribution in [2.45, 2.75) is 25.6 Å². The molecular formula is C28H31ClN4O. The molecule has 34 heavy (non-hydrogen) atoms.